The number of aliphatic hydroxyl groups excluding tert-OH is 1. The molecule has 0 radical (unpaired) electrons. The molecule has 0 aliphatic rings. The number of aliphatic hydroxyl groups is 1. The first kappa shape index (κ1) is 25.2. The molecule has 0 aliphatic carbocycles. The molecule has 3 rings (SSSR count). The molecule has 0 bridgehead atoms. The normalized spacial score (nSPS) is 10.9. The van der Waals surface area contributed by atoms with Crippen molar-refractivity contribution in [1.82, 2.24) is 0 Å². The fourth-order valence-electron chi connectivity index (χ4n) is 3.45. The number of nitrogens with zero attached hydrogens (tertiary/aromatic N) is 4. The van der Waals surface area contributed by atoms with Crippen molar-refractivity contribution in [2.24, 2.45) is 10.2 Å². The molecule has 0 fully saturated rings. The van der Waals surface area contributed by atoms with Crippen LogP contribution in [0.1, 0.15) is 33.2 Å². The van der Waals surface area contributed by atoms with Crippen molar-refractivity contribution in [3.8, 4) is 0 Å². The standard InChI is InChI=1S/C25H24N4O6/c1-2-28(13-14-30)21-10-7-19(8-11-21)26-27-20-9-12-23(29(34)35)22(16-20)24(31)15-17-3-5-18(6-4-17)25(32)33/h3-12,16,30H,2,13-15H2,1H3,(H,32,33)/b27-26+. The van der Waals surface area contributed by atoms with Gasteiger partial charge in [-0.15, -0.1) is 0 Å². The number of hydrogen-bond acceptors (Lipinski definition) is 8. The summed E-state index contributed by atoms with van der Waals surface area (Å²) in [4.78, 5) is 36.7. The molecular weight excluding hydrogens is 452 g/mol. The van der Waals surface area contributed by atoms with Crippen LogP contribution in [0.2, 0.25) is 0 Å². The van der Waals surface area contributed by atoms with E-state index in [4.69, 9.17) is 10.2 Å². The number of benzene rings is 3. The zero-order chi connectivity index (χ0) is 25.4. The van der Waals surface area contributed by atoms with Crippen LogP contribution in [0.15, 0.2) is 77.0 Å². The Morgan fingerprint density at radius 1 is 0.971 bits per heavy atom. The van der Waals surface area contributed by atoms with Crippen molar-refractivity contribution < 1.29 is 24.7 Å². The van der Waals surface area contributed by atoms with Gasteiger partial charge in [-0.05, 0) is 61.0 Å². The van der Waals surface area contributed by atoms with Gasteiger partial charge in [0.15, 0.2) is 5.78 Å². The lowest BCUT2D eigenvalue weighted by Gasteiger charge is -2.21. The molecule has 0 aliphatic heterocycles. The first-order valence-electron chi connectivity index (χ1n) is 10.8. The maximum absolute atomic E-state index is 12.9. The summed E-state index contributed by atoms with van der Waals surface area (Å²) in [6.07, 6.45) is -0.134. The number of anilines is 1. The Balaban J connectivity index is 1.80. The van der Waals surface area contributed by atoms with E-state index in [2.05, 4.69) is 10.2 Å². The van der Waals surface area contributed by atoms with E-state index in [1.165, 1.54) is 42.5 Å². The highest BCUT2D eigenvalue weighted by Gasteiger charge is 2.21. The van der Waals surface area contributed by atoms with Crippen molar-refractivity contribution >= 4 is 34.5 Å². The Hall–Kier alpha value is -4.44. The average molecular weight is 476 g/mol. The molecule has 3 aromatic rings. The number of Topliss-reactive ketones (excluding diaryl/α,β-unsaturated/α-hetero) is 1. The first-order chi connectivity index (χ1) is 16.8. The van der Waals surface area contributed by atoms with Crippen molar-refractivity contribution in [2.75, 3.05) is 24.6 Å². The van der Waals surface area contributed by atoms with E-state index in [-0.39, 0.29) is 35.5 Å². The van der Waals surface area contributed by atoms with Gasteiger partial charge in [0.05, 0.1) is 34.0 Å². The van der Waals surface area contributed by atoms with Gasteiger partial charge in [0, 0.05) is 31.3 Å². The van der Waals surface area contributed by atoms with Crippen LogP contribution < -0.4 is 4.90 Å². The average Bonchev–Trinajstić information content (AvgIpc) is 2.86. The predicted octanol–water partition coefficient (Wildman–Crippen LogP) is 4.95. The molecule has 10 heteroatoms. The molecule has 0 saturated heterocycles. The Bertz CT molecular complexity index is 1240. The molecule has 0 unspecified atom stereocenters. The second-order valence-electron chi connectivity index (χ2n) is 7.58. The summed E-state index contributed by atoms with van der Waals surface area (Å²) in [6.45, 7) is 3.29. The summed E-state index contributed by atoms with van der Waals surface area (Å²) in [6, 6.07) is 16.9. The fourth-order valence-corrected chi connectivity index (χ4v) is 3.45. The van der Waals surface area contributed by atoms with Gasteiger partial charge in [0.1, 0.15) is 0 Å². The number of rotatable bonds is 11. The number of carbonyl (C=O) groups excluding carboxylic acids is 1. The molecule has 35 heavy (non-hydrogen) atoms. The minimum Gasteiger partial charge on any atom is -0.478 e. The second-order valence-corrected chi connectivity index (χ2v) is 7.58. The topological polar surface area (TPSA) is 146 Å². The van der Waals surface area contributed by atoms with E-state index in [9.17, 15) is 19.7 Å². The van der Waals surface area contributed by atoms with Crippen LogP contribution in [0.3, 0.4) is 0 Å². The largest absolute Gasteiger partial charge is 0.478 e. The maximum Gasteiger partial charge on any atom is 0.335 e. The lowest BCUT2D eigenvalue weighted by atomic mass is 10.00. The highest BCUT2D eigenvalue weighted by atomic mass is 16.6. The van der Waals surface area contributed by atoms with Gasteiger partial charge >= 0.3 is 5.97 Å². The quantitative estimate of drug-likeness (QED) is 0.172. The molecule has 0 aromatic heterocycles. The zero-order valence-electron chi connectivity index (χ0n) is 19.0. The summed E-state index contributed by atoms with van der Waals surface area (Å²) in [5.74, 6) is -1.58. The molecular formula is C25H24N4O6. The Morgan fingerprint density at radius 2 is 1.60 bits per heavy atom. The van der Waals surface area contributed by atoms with Crippen LogP contribution in [0.25, 0.3) is 0 Å². The monoisotopic (exact) mass is 476 g/mol. The summed E-state index contributed by atoms with van der Waals surface area (Å²) in [5, 5.41) is 37.9. The Labute approximate surface area is 201 Å². The van der Waals surface area contributed by atoms with Crippen LogP contribution in [-0.2, 0) is 6.42 Å². The SMILES string of the molecule is CCN(CCO)c1ccc(/N=N/c2ccc([N+](=O)[O-])c(C(=O)Cc3ccc(C(=O)O)cc3)c2)cc1. The highest BCUT2D eigenvalue weighted by molar-refractivity contribution is 6.01. The molecule has 0 atom stereocenters. The maximum atomic E-state index is 12.9. The minimum atomic E-state index is -1.08. The third-order valence-corrected chi connectivity index (χ3v) is 5.29. The molecule has 180 valence electrons. The molecule has 10 nitrogen and oxygen atoms in total. The number of likely N-dealkylation sites (N-methyl/N-ethyl adjacent to an activating group) is 1. The first-order valence-corrected chi connectivity index (χ1v) is 10.8. The van der Waals surface area contributed by atoms with E-state index in [0.29, 0.717) is 17.8 Å². The van der Waals surface area contributed by atoms with E-state index >= 15 is 0 Å². The van der Waals surface area contributed by atoms with Crippen LogP contribution >= 0.6 is 0 Å². The minimum absolute atomic E-state index is 0.0458. The number of carboxylic acids is 1. The van der Waals surface area contributed by atoms with Gasteiger partial charge in [-0.2, -0.15) is 10.2 Å². The van der Waals surface area contributed by atoms with Crippen LogP contribution in [-0.4, -0.2) is 46.6 Å². The van der Waals surface area contributed by atoms with Crippen LogP contribution in [0.4, 0.5) is 22.7 Å². The molecule has 0 amide bonds. The van der Waals surface area contributed by atoms with Gasteiger partial charge in [-0.1, -0.05) is 12.1 Å². The number of azo groups is 1. The molecule has 0 heterocycles. The second kappa shape index (κ2) is 11.6. The van der Waals surface area contributed by atoms with Crippen LogP contribution in [0.5, 0.6) is 0 Å². The number of hydrogen-bond donors (Lipinski definition) is 2. The summed E-state index contributed by atoms with van der Waals surface area (Å²) in [7, 11) is 0. The number of nitro benzene ring substituents is 1. The lowest BCUT2D eigenvalue weighted by molar-refractivity contribution is -0.385. The third-order valence-electron chi connectivity index (χ3n) is 5.29. The van der Waals surface area contributed by atoms with E-state index in [1.807, 2.05) is 24.0 Å². The van der Waals surface area contributed by atoms with Gasteiger partial charge in [0.25, 0.3) is 5.69 Å². The Kier molecular flexibility index (Phi) is 8.36. The number of nitro groups is 1. The van der Waals surface area contributed by atoms with Crippen molar-refractivity contribution in [3.63, 3.8) is 0 Å². The summed E-state index contributed by atoms with van der Waals surface area (Å²) in [5.41, 5.74) is 1.93. The molecule has 3 aromatic carbocycles. The smallest absolute Gasteiger partial charge is 0.335 e. The highest BCUT2D eigenvalue weighted by Crippen LogP contribution is 2.28. The molecule has 0 saturated carbocycles. The number of carbonyl (C=O) groups is 2. The van der Waals surface area contributed by atoms with Gasteiger partial charge in [-0.25, -0.2) is 4.79 Å². The Morgan fingerprint density at radius 3 is 2.17 bits per heavy atom. The van der Waals surface area contributed by atoms with Crippen LogP contribution in [0, 0.1) is 10.1 Å². The van der Waals surface area contributed by atoms with Gasteiger partial charge < -0.3 is 15.1 Å². The molecule has 0 spiro atoms. The van der Waals surface area contributed by atoms with Crippen molar-refractivity contribution in [3.05, 3.63) is 93.5 Å². The van der Waals surface area contributed by atoms with E-state index in [0.717, 1.165) is 12.2 Å². The third kappa shape index (κ3) is 6.55. The predicted molar refractivity (Wildman–Crippen MR) is 130 cm³/mol. The summed E-state index contributed by atoms with van der Waals surface area (Å²) >= 11 is 0. The summed E-state index contributed by atoms with van der Waals surface area (Å²) < 4.78 is 0. The van der Waals surface area contributed by atoms with Gasteiger partial charge in [-0.3, -0.25) is 14.9 Å². The lowest BCUT2D eigenvalue weighted by Crippen LogP contribution is -2.25. The molecule has 2 N–H and O–H groups in total. The van der Waals surface area contributed by atoms with E-state index in [1.54, 1.807) is 12.1 Å². The van der Waals surface area contributed by atoms with Crippen molar-refractivity contribution in [1.29, 1.82) is 0 Å². The van der Waals surface area contributed by atoms with E-state index < -0.39 is 16.7 Å². The number of carboxylic acid groups (broad SMARTS) is 1. The van der Waals surface area contributed by atoms with Crippen molar-refractivity contribution in [2.45, 2.75) is 13.3 Å². The van der Waals surface area contributed by atoms with Gasteiger partial charge in [0.2, 0.25) is 0 Å². The fraction of sp³-hybridized carbons (Fsp3) is 0.200. The zero-order valence-corrected chi connectivity index (χ0v) is 19.0. The number of ketones is 1. The number of aromatic carboxylic acids is 1.